The third-order valence-corrected chi connectivity index (χ3v) is 3.32. The van der Waals surface area contributed by atoms with Crippen molar-refractivity contribution in [3.8, 4) is 0 Å². The van der Waals surface area contributed by atoms with E-state index in [0.717, 1.165) is 23.3 Å². The average Bonchev–Trinajstić information content (AvgIpc) is 2.84. The number of rotatable bonds is 3. The van der Waals surface area contributed by atoms with Crippen LogP contribution in [0, 0.1) is 6.92 Å². The summed E-state index contributed by atoms with van der Waals surface area (Å²) >= 11 is 0. The summed E-state index contributed by atoms with van der Waals surface area (Å²) in [5, 5.41) is 2.84. The van der Waals surface area contributed by atoms with E-state index in [0.29, 0.717) is 11.6 Å². The Balaban J connectivity index is 1.96. The van der Waals surface area contributed by atoms with Gasteiger partial charge in [-0.05, 0) is 38.1 Å². The summed E-state index contributed by atoms with van der Waals surface area (Å²) in [6.45, 7) is 4.62. The molecule has 2 heterocycles. The summed E-state index contributed by atoms with van der Waals surface area (Å²) < 4.78 is 1.98. The van der Waals surface area contributed by atoms with E-state index in [1.54, 1.807) is 6.07 Å². The van der Waals surface area contributed by atoms with Crippen LogP contribution in [0.15, 0.2) is 42.5 Å². The first-order valence-electron chi connectivity index (χ1n) is 6.89. The second-order valence-corrected chi connectivity index (χ2v) is 4.79. The van der Waals surface area contributed by atoms with Gasteiger partial charge in [0.15, 0.2) is 0 Å². The number of aryl methyl sites for hydroxylation is 2. The Kier molecular flexibility index (Phi) is 3.39. The van der Waals surface area contributed by atoms with E-state index in [-0.39, 0.29) is 5.91 Å². The van der Waals surface area contributed by atoms with Crippen LogP contribution in [0.2, 0.25) is 0 Å². The molecule has 5 nitrogen and oxygen atoms in total. The first-order chi connectivity index (χ1) is 10.2. The highest BCUT2D eigenvalue weighted by molar-refractivity contribution is 6.02. The van der Waals surface area contributed by atoms with Crippen LogP contribution >= 0.6 is 0 Å². The second-order valence-electron chi connectivity index (χ2n) is 4.79. The molecular weight excluding hydrogens is 264 g/mol. The van der Waals surface area contributed by atoms with Crippen molar-refractivity contribution < 1.29 is 4.79 Å². The molecule has 0 spiro atoms. The molecule has 0 aliphatic heterocycles. The highest BCUT2D eigenvalue weighted by Gasteiger charge is 2.14. The summed E-state index contributed by atoms with van der Waals surface area (Å²) in [5.41, 5.74) is 3.08. The van der Waals surface area contributed by atoms with Crippen LogP contribution in [-0.2, 0) is 6.54 Å². The molecule has 0 aliphatic rings. The maximum atomic E-state index is 12.3. The van der Waals surface area contributed by atoms with Crippen molar-refractivity contribution >= 4 is 22.9 Å². The minimum Gasteiger partial charge on any atom is -0.310 e. The van der Waals surface area contributed by atoms with Crippen molar-refractivity contribution in [2.45, 2.75) is 20.4 Å². The van der Waals surface area contributed by atoms with Gasteiger partial charge in [-0.25, -0.2) is 9.97 Å². The maximum absolute atomic E-state index is 12.3. The number of hydrogen-bond acceptors (Lipinski definition) is 3. The number of nitrogens with one attached hydrogen (secondary N) is 1. The Morgan fingerprint density at radius 3 is 2.71 bits per heavy atom. The predicted molar refractivity (Wildman–Crippen MR) is 82.3 cm³/mol. The zero-order chi connectivity index (χ0) is 14.8. The van der Waals surface area contributed by atoms with Crippen molar-refractivity contribution in [3.63, 3.8) is 0 Å². The standard InChI is InChI=1S/C16H16N4O/c1-3-20-14-10-5-4-8-12(14)18-16(20)19-15(21)13-9-6-7-11(2)17-13/h4-10H,3H2,1-2H3,(H,18,19,21). The lowest BCUT2D eigenvalue weighted by atomic mass is 10.3. The molecule has 1 N–H and O–H groups in total. The highest BCUT2D eigenvalue weighted by atomic mass is 16.2. The number of nitrogens with zero attached hydrogens (tertiary/aromatic N) is 3. The van der Waals surface area contributed by atoms with E-state index >= 15 is 0 Å². The lowest BCUT2D eigenvalue weighted by Gasteiger charge is -2.07. The molecule has 3 rings (SSSR count). The Morgan fingerprint density at radius 2 is 1.95 bits per heavy atom. The summed E-state index contributed by atoms with van der Waals surface area (Å²) in [6, 6.07) is 13.2. The normalized spacial score (nSPS) is 10.8. The molecule has 0 saturated heterocycles. The van der Waals surface area contributed by atoms with Crippen molar-refractivity contribution in [3.05, 3.63) is 53.9 Å². The van der Waals surface area contributed by atoms with E-state index in [1.165, 1.54) is 0 Å². The zero-order valence-corrected chi connectivity index (χ0v) is 12.0. The summed E-state index contributed by atoms with van der Waals surface area (Å²) in [4.78, 5) is 21.0. The van der Waals surface area contributed by atoms with Gasteiger partial charge in [-0.1, -0.05) is 18.2 Å². The molecule has 0 saturated carbocycles. The van der Waals surface area contributed by atoms with Gasteiger partial charge in [-0.15, -0.1) is 0 Å². The number of pyridine rings is 1. The molecule has 3 aromatic rings. The van der Waals surface area contributed by atoms with E-state index < -0.39 is 0 Å². The molecule has 106 valence electrons. The molecule has 1 aromatic carbocycles. The summed E-state index contributed by atoms with van der Waals surface area (Å²) in [5.74, 6) is 0.302. The largest absolute Gasteiger partial charge is 0.310 e. The predicted octanol–water partition coefficient (Wildman–Crippen LogP) is 3.01. The fourth-order valence-electron chi connectivity index (χ4n) is 2.33. The minimum atomic E-state index is -0.247. The number of fused-ring (bicyclic) bond motifs is 1. The Morgan fingerprint density at radius 1 is 1.14 bits per heavy atom. The molecule has 21 heavy (non-hydrogen) atoms. The van der Waals surface area contributed by atoms with Gasteiger partial charge in [-0.2, -0.15) is 0 Å². The van der Waals surface area contributed by atoms with Gasteiger partial charge in [0.25, 0.3) is 5.91 Å². The number of amides is 1. The molecule has 0 fully saturated rings. The molecule has 1 amide bonds. The van der Waals surface area contributed by atoms with Gasteiger partial charge in [0.2, 0.25) is 5.95 Å². The van der Waals surface area contributed by atoms with Crippen LogP contribution < -0.4 is 5.32 Å². The topological polar surface area (TPSA) is 59.8 Å². The lowest BCUT2D eigenvalue weighted by molar-refractivity contribution is 0.102. The monoisotopic (exact) mass is 280 g/mol. The van der Waals surface area contributed by atoms with Crippen LogP contribution in [0.1, 0.15) is 23.1 Å². The molecule has 0 radical (unpaired) electrons. The zero-order valence-electron chi connectivity index (χ0n) is 12.0. The van der Waals surface area contributed by atoms with Crippen LogP contribution in [0.5, 0.6) is 0 Å². The van der Waals surface area contributed by atoms with E-state index in [9.17, 15) is 4.79 Å². The molecule has 0 aliphatic carbocycles. The number of anilines is 1. The molecule has 0 unspecified atom stereocenters. The minimum absolute atomic E-state index is 0.247. The van der Waals surface area contributed by atoms with Crippen LogP contribution in [-0.4, -0.2) is 20.4 Å². The number of aromatic nitrogens is 3. The Hall–Kier alpha value is -2.69. The van der Waals surface area contributed by atoms with Gasteiger partial charge >= 0.3 is 0 Å². The maximum Gasteiger partial charge on any atom is 0.276 e. The number of hydrogen-bond donors (Lipinski definition) is 1. The van der Waals surface area contributed by atoms with Crippen molar-refractivity contribution in [1.82, 2.24) is 14.5 Å². The number of imidazole rings is 1. The van der Waals surface area contributed by atoms with E-state index in [4.69, 9.17) is 0 Å². The van der Waals surface area contributed by atoms with Gasteiger partial charge < -0.3 is 4.57 Å². The molecule has 0 atom stereocenters. The van der Waals surface area contributed by atoms with Crippen LogP contribution in [0.25, 0.3) is 11.0 Å². The van der Waals surface area contributed by atoms with Gasteiger partial charge in [0, 0.05) is 12.2 Å². The fourth-order valence-corrected chi connectivity index (χ4v) is 2.33. The second kappa shape index (κ2) is 5.36. The average molecular weight is 280 g/mol. The smallest absolute Gasteiger partial charge is 0.276 e. The number of carbonyl (C=O) groups is 1. The Bertz CT molecular complexity index is 807. The Labute approximate surface area is 122 Å². The van der Waals surface area contributed by atoms with Crippen molar-refractivity contribution in [2.24, 2.45) is 0 Å². The van der Waals surface area contributed by atoms with Crippen LogP contribution in [0.3, 0.4) is 0 Å². The quantitative estimate of drug-likeness (QED) is 0.802. The number of carbonyl (C=O) groups excluding carboxylic acids is 1. The summed E-state index contributed by atoms with van der Waals surface area (Å²) in [7, 11) is 0. The third-order valence-electron chi connectivity index (χ3n) is 3.32. The number of para-hydroxylation sites is 2. The highest BCUT2D eigenvalue weighted by Crippen LogP contribution is 2.19. The molecule has 5 heteroatoms. The van der Waals surface area contributed by atoms with Crippen LogP contribution in [0.4, 0.5) is 5.95 Å². The first kappa shape index (κ1) is 13.3. The van der Waals surface area contributed by atoms with Gasteiger partial charge in [-0.3, -0.25) is 10.1 Å². The van der Waals surface area contributed by atoms with Crippen molar-refractivity contribution in [2.75, 3.05) is 5.32 Å². The van der Waals surface area contributed by atoms with E-state index in [2.05, 4.69) is 15.3 Å². The van der Waals surface area contributed by atoms with Crippen molar-refractivity contribution in [1.29, 1.82) is 0 Å². The third kappa shape index (κ3) is 2.50. The SMILES string of the molecule is CCn1c(NC(=O)c2cccc(C)n2)nc2ccccc21. The summed E-state index contributed by atoms with van der Waals surface area (Å²) in [6.07, 6.45) is 0. The molecular formula is C16H16N4O. The lowest BCUT2D eigenvalue weighted by Crippen LogP contribution is -2.17. The molecule has 2 aromatic heterocycles. The van der Waals surface area contributed by atoms with Gasteiger partial charge in [0.05, 0.1) is 11.0 Å². The molecule has 0 bridgehead atoms. The fraction of sp³-hybridized carbons (Fsp3) is 0.188. The van der Waals surface area contributed by atoms with Gasteiger partial charge in [0.1, 0.15) is 5.69 Å². The first-order valence-corrected chi connectivity index (χ1v) is 6.89. The number of benzene rings is 1. The van der Waals surface area contributed by atoms with E-state index in [1.807, 2.05) is 54.8 Å².